The average Bonchev–Trinajstić information content (AvgIpc) is 2.18. The van der Waals surface area contributed by atoms with Crippen molar-refractivity contribution in [1.82, 2.24) is 9.97 Å². The van der Waals surface area contributed by atoms with Crippen molar-refractivity contribution >= 4 is 0 Å². The molecule has 1 atom stereocenters. The normalized spacial score (nSPS) is 13.1. The van der Waals surface area contributed by atoms with Crippen molar-refractivity contribution in [2.24, 2.45) is 0 Å². The molecule has 0 radical (unpaired) electrons. The van der Waals surface area contributed by atoms with Crippen molar-refractivity contribution in [3.05, 3.63) is 24.3 Å². The predicted molar refractivity (Wildman–Crippen MR) is 52.7 cm³/mol. The van der Waals surface area contributed by atoms with Crippen molar-refractivity contribution in [3.63, 3.8) is 0 Å². The lowest BCUT2D eigenvalue weighted by Crippen LogP contribution is -2.09. The van der Waals surface area contributed by atoms with Gasteiger partial charge in [0.25, 0.3) is 0 Å². The molecule has 0 aliphatic heterocycles. The summed E-state index contributed by atoms with van der Waals surface area (Å²) in [5, 5.41) is 9.65. The molecule has 1 heterocycles. The first-order valence-corrected chi connectivity index (χ1v) is 4.75. The second-order valence-corrected chi connectivity index (χ2v) is 3.35. The summed E-state index contributed by atoms with van der Waals surface area (Å²) in [5.41, 5.74) is 0.597. The van der Waals surface area contributed by atoms with Gasteiger partial charge in [-0.25, -0.2) is 0 Å². The van der Waals surface area contributed by atoms with Crippen molar-refractivity contribution < 1.29 is 9.84 Å². The Bertz CT molecular complexity index is 252. The number of aliphatic hydroxyl groups is 1. The van der Waals surface area contributed by atoms with Gasteiger partial charge < -0.3 is 9.84 Å². The van der Waals surface area contributed by atoms with Crippen LogP contribution in [0.5, 0.6) is 0 Å². The Hall–Kier alpha value is -1.00. The molecule has 0 aliphatic carbocycles. The molecule has 78 valence electrons. The number of nitrogens with zero attached hydrogens (tertiary/aromatic N) is 2. The Balaban J connectivity index is 2.32. The Morgan fingerprint density at radius 2 is 2.21 bits per heavy atom. The summed E-state index contributed by atoms with van der Waals surface area (Å²) in [7, 11) is 0. The van der Waals surface area contributed by atoms with Gasteiger partial charge in [-0.3, -0.25) is 9.97 Å². The summed E-state index contributed by atoms with van der Waals surface area (Å²) in [6, 6.07) is 0. The number of rotatable bonds is 5. The number of aromatic nitrogens is 2. The second-order valence-electron chi connectivity index (χ2n) is 3.35. The molecule has 0 fully saturated rings. The smallest absolute Gasteiger partial charge is 0.0997 e. The summed E-state index contributed by atoms with van der Waals surface area (Å²) in [6.45, 7) is 4.47. The maximum absolute atomic E-state index is 9.65. The molecule has 1 N–H and O–H groups in total. The van der Waals surface area contributed by atoms with E-state index in [4.69, 9.17) is 4.74 Å². The van der Waals surface area contributed by atoms with Crippen LogP contribution < -0.4 is 0 Å². The third-order valence-corrected chi connectivity index (χ3v) is 1.77. The quantitative estimate of drug-likeness (QED) is 0.771. The van der Waals surface area contributed by atoms with Crippen LogP contribution in [0.15, 0.2) is 18.6 Å². The van der Waals surface area contributed by atoms with Crippen molar-refractivity contribution in [2.45, 2.75) is 32.5 Å². The number of hydrogen-bond donors (Lipinski definition) is 1. The highest BCUT2D eigenvalue weighted by Crippen LogP contribution is 2.12. The number of aliphatic hydroxyl groups excluding tert-OH is 1. The molecule has 1 aromatic rings. The van der Waals surface area contributed by atoms with Crippen LogP contribution in [0, 0.1) is 0 Å². The summed E-state index contributed by atoms with van der Waals surface area (Å²) >= 11 is 0. The summed E-state index contributed by atoms with van der Waals surface area (Å²) in [5.74, 6) is 0. The largest absolute Gasteiger partial charge is 0.387 e. The molecule has 4 heteroatoms. The van der Waals surface area contributed by atoms with Crippen LogP contribution in [0.3, 0.4) is 0 Å². The van der Waals surface area contributed by atoms with Gasteiger partial charge in [0.2, 0.25) is 0 Å². The second kappa shape index (κ2) is 5.67. The van der Waals surface area contributed by atoms with E-state index in [1.165, 1.54) is 0 Å². The molecule has 1 unspecified atom stereocenters. The minimum absolute atomic E-state index is 0.198. The van der Waals surface area contributed by atoms with Crippen LogP contribution in [0.1, 0.15) is 32.1 Å². The predicted octanol–water partition coefficient (Wildman–Crippen LogP) is 1.33. The fraction of sp³-hybridized carbons (Fsp3) is 0.600. The standard InChI is InChI=1S/C10H16N2O2/c1-8(2)14-6-3-10(13)9-7-11-4-5-12-9/h4-5,7-8,10,13H,3,6H2,1-2H3. The van der Waals surface area contributed by atoms with E-state index in [0.29, 0.717) is 18.7 Å². The molecular weight excluding hydrogens is 180 g/mol. The zero-order valence-corrected chi connectivity index (χ0v) is 8.55. The van der Waals surface area contributed by atoms with E-state index in [2.05, 4.69) is 9.97 Å². The molecule has 14 heavy (non-hydrogen) atoms. The van der Waals surface area contributed by atoms with Gasteiger partial charge in [-0.2, -0.15) is 0 Å². The highest BCUT2D eigenvalue weighted by Gasteiger charge is 2.08. The highest BCUT2D eigenvalue weighted by molar-refractivity contribution is 4.98. The van der Waals surface area contributed by atoms with Gasteiger partial charge in [0.1, 0.15) is 0 Å². The van der Waals surface area contributed by atoms with Crippen molar-refractivity contribution in [1.29, 1.82) is 0 Å². The van der Waals surface area contributed by atoms with E-state index in [1.54, 1.807) is 18.6 Å². The molecule has 0 aromatic carbocycles. The Kier molecular flexibility index (Phi) is 4.49. The number of ether oxygens (including phenoxy) is 1. The first kappa shape index (κ1) is 11.1. The van der Waals surface area contributed by atoms with Gasteiger partial charge in [0.05, 0.1) is 24.1 Å². The SMILES string of the molecule is CC(C)OCCC(O)c1cnccn1. The Morgan fingerprint density at radius 3 is 2.79 bits per heavy atom. The topological polar surface area (TPSA) is 55.2 Å². The lowest BCUT2D eigenvalue weighted by molar-refractivity contribution is 0.0454. The first-order chi connectivity index (χ1) is 6.70. The molecule has 0 saturated heterocycles. The molecule has 0 bridgehead atoms. The van der Waals surface area contributed by atoms with E-state index < -0.39 is 6.10 Å². The zero-order chi connectivity index (χ0) is 10.4. The minimum atomic E-state index is -0.581. The average molecular weight is 196 g/mol. The Labute approximate surface area is 84.0 Å². The first-order valence-electron chi connectivity index (χ1n) is 4.75. The van der Waals surface area contributed by atoms with Gasteiger partial charge in [-0.15, -0.1) is 0 Å². The summed E-state index contributed by atoms with van der Waals surface area (Å²) < 4.78 is 5.33. The van der Waals surface area contributed by atoms with E-state index in [-0.39, 0.29) is 6.10 Å². The number of hydrogen-bond acceptors (Lipinski definition) is 4. The third-order valence-electron chi connectivity index (χ3n) is 1.77. The molecule has 0 aliphatic rings. The molecule has 0 saturated carbocycles. The van der Waals surface area contributed by atoms with Gasteiger partial charge in [0.15, 0.2) is 0 Å². The molecule has 1 rings (SSSR count). The fourth-order valence-electron chi connectivity index (χ4n) is 1.05. The molecule has 4 nitrogen and oxygen atoms in total. The fourth-order valence-corrected chi connectivity index (χ4v) is 1.05. The zero-order valence-electron chi connectivity index (χ0n) is 8.55. The van der Waals surface area contributed by atoms with Crippen LogP contribution in [-0.4, -0.2) is 27.8 Å². The van der Waals surface area contributed by atoms with Crippen molar-refractivity contribution in [3.8, 4) is 0 Å². The van der Waals surface area contributed by atoms with Crippen LogP contribution in [-0.2, 0) is 4.74 Å². The van der Waals surface area contributed by atoms with Crippen LogP contribution >= 0.6 is 0 Å². The summed E-state index contributed by atoms with van der Waals surface area (Å²) in [6.07, 6.45) is 4.89. The van der Waals surface area contributed by atoms with Crippen LogP contribution in [0.2, 0.25) is 0 Å². The maximum Gasteiger partial charge on any atom is 0.0997 e. The van der Waals surface area contributed by atoms with E-state index in [0.717, 1.165) is 0 Å². The lowest BCUT2D eigenvalue weighted by Gasteiger charge is -2.11. The minimum Gasteiger partial charge on any atom is -0.387 e. The summed E-state index contributed by atoms with van der Waals surface area (Å²) in [4.78, 5) is 7.89. The Morgan fingerprint density at radius 1 is 1.43 bits per heavy atom. The van der Waals surface area contributed by atoms with Gasteiger partial charge >= 0.3 is 0 Å². The van der Waals surface area contributed by atoms with E-state index in [9.17, 15) is 5.11 Å². The van der Waals surface area contributed by atoms with Crippen LogP contribution in [0.4, 0.5) is 0 Å². The van der Waals surface area contributed by atoms with Crippen molar-refractivity contribution in [2.75, 3.05) is 6.61 Å². The maximum atomic E-state index is 9.65. The highest BCUT2D eigenvalue weighted by atomic mass is 16.5. The monoisotopic (exact) mass is 196 g/mol. The van der Waals surface area contributed by atoms with Gasteiger partial charge in [0, 0.05) is 25.4 Å². The molecule has 1 aromatic heterocycles. The van der Waals surface area contributed by atoms with E-state index >= 15 is 0 Å². The third kappa shape index (κ3) is 3.81. The van der Waals surface area contributed by atoms with Gasteiger partial charge in [-0.1, -0.05) is 0 Å². The lowest BCUT2D eigenvalue weighted by atomic mass is 10.2. The molecule has 0 amide bonds. The molecule has 0 spiro atoms. The molecular formula is C10H16N2O2. The van der Waals surface area contributed by atoms with Gasteiger partial charge in [-0.05, 0) is 13.8 Å². The van der Waals surface area contributed by atoms with E-state index in [1.807, 2.05) is 13.8 Å². The van der Waals surface area contributed by atoms with Crippen LogP contribution in [0.25, 0.3) is 0 Å².